The fourth-order valence-corrected chi connectivity index (χ4v) is 0.500. The van der Waals surface area contributed by atoms with Crippen LogP contribution in [0.4, 0.5) is 0 Å². The van der Waals surface area contributed by atoms with E-state index in [0.29, 0.717) is 0 Å². The molecule has 0 radical (unpaired) electrons. The van der Waals surface area contributed by atoms with Crippen molar-refractivity contribution in [2.45, 2.75) is 19.3 Å². The van der Waals surface area contributed by atoms with Gasteiger partial charge in [-0.15, -0.1) is 0 Å². The van der Waals surface area contributed by atoms with Crippen LogP contribution in [0.1, 0.15) is 19.3 Å². The summed E-state index contributed by atoms with van der Waals surface area (Å²) in [4.78, 5) is 0. The summed E-state index contributed by atoms with van der Waals surface area (Å²) in [6.07, 6.45) is 2.67. The number of hydrogen-bond acceptors (Lipinski definition) is 0. The summed E-state index contributed by atoms with van der Waals surface area (Å²) in [7, 11) is 0. The zero-order valence-electron chi connectivity index (χ0n) is 5.45. The lowest BCUT2D eigenvalue weighted by molar-refractivity contribution is 0.448. The second-order valence-corrected chi connectivity index (χ2v) is 2.35. The van der Waals surface area contributed by atoms with E-state index in [1.807, 2.05) is 0 Å². The van der Waals surface area contributed by atoms with Gasteiger partial charge in [-0.25, -0.2) is 0 Å². The van der Waals surface area contributed by atoms with Gasteiger partial charge in [-0.2, -0.15) is 6.42 Å². The Morgan fingerprint density at radius 3 is 2.12 bits per heavy atom. The molecule has 0 saturated heterocycles. The van der Waals surface area contributed by atoms with Crippen LogP contribution in [0.2, 0.25) is 0 Å². The summed E-state index contributed by atoms with van der Waals surface area (Å²) in [5.41, 5.74) is -0.0816. The third kappa shape index (κ3) is 2.84. The Bertz CT molecular complexity index is 53.1. The smallest absolute Gasteiger partial charge is 0.102 e. The fourth-order valence-electron chi connectivity index (χ4n) is 0.500. The highest BCUT2D eigenvalue weighted by Crippen LogP contribution is 2.23. The molecule has 0 unspecified atom stereocenters. The third-order valence-electron chi connectivity index (χ3n) is 1.24. The lowest BCUT2D eigenvalue weighted by atomic mass is 9.86. The van der Waals surface area contributed by atoms with E-state index in [-0.39, 0.29) is 5.41 Å². The molecule has 0 aromatic carbocycles. The van der Waals surface area contributed by atoms with E-state index >= 15 is 0 Å². The first-order chi connectivity index (χ1) is 3.62. The lowest BCUT2D eigenvalue weighted by Gasteiger charge is -2.19. The minimum Gasteiger partial charge on any atom is -0.343 e. The summed E-state index contributed by atoms with van der Waals surface area (Å²) in [5.74, 6) is 0. The molecular weight excluding hydrogens is 96.1 g/mol. The molecule has 0 atom stereocenters. The van der Waals surface area contributed by atoms with Crippen LogP contribution in [0.3, 0.4) is 0 Å². The highest BCUT2D eigenvalue weighted by Gasteiger charge is 2.15. The van der Waals surface area contributed by atoms with Gasteiger partial charge in [-0.3, -0.25) is 6.92 Å². The zero-order chi connectivity index (χ0) is 6.62. The largest absolute Gasteiger partial charge is 0.343 e. The standard InChI is InChI=1S/C8H14/c1-5-7-8(3,4)6-2/h1-7H2. The first kappa shape index (κ1) is 7.74. The molecule has 0 N–H and O–H groups in total. The SMILES string of the molecule is [CH2+]CC([CH2+])([CH2-])CC[CH2-]. The molecule has 0 aliphatic rings. The summed E-state index contributed by atoms with van der Waals surface area (Å²) in [6, 6.07) is 0. The Balaban J connectivity index is 3.37. The van der Waals surface area contributed by atoms with Crippen molar-refractivity contribution in [1.29, 1.82) is 0 Å². The molecule has 0 fully saturated rings. The quantitative estimate of drug-likeness (QED) is 0.489. The van der Waals surface area contributed by atoms with Crippen LogP contribution in [0.5, 0.6) is 0 Å². The first-order valence-electron chi connectivity index (χ1n) is 2.91. The van der Waals surface area contributed by atoms with E-state index < -0.39 is 0 Å². The van der Waals surface area contributed by atoms with Crippen molar-refractivity contribution in [2.75, 3.05) is 0 Å². The molecule has 0 nitrogen and oxygen atoms in total. The maximum absolute atomic E-state index is 3.86. The van der Waals surface area contributed by atoms with Crippen LogP contribution in [0, 0.1) is 33.1 Å². The van der Waals surface area contributed by atoms with Crippen molar-refractivity contribution in [3.8, 4) is 0 Å². The summed E-state index contributed by atoms with van der Waals surface area (Å²) >= 11 is 0. The van der Waals surface area contributed by atoms with Crippen LogP contribution in [0.15, 0.2) is 0 Å². The summed E-state index contributed by atoms with van der Waals surface area (Å²) in [5, 5.41) is 0. The van der Waals surface area contributed by atoms with E-state index in [1.54, 1.807) is 0 Å². The van der Waals surface area contributed by atoms with Gasteiger partial charge in [-0.05, 0) is 0 Å². The number of rotatable bonds is 3. The molecule has 0 heterocycles. The molecule has 0 bridgehead atoms. The molecule has 0 aromatic rings. The van der Waals surface area contributed by atoms with Crippen molar-refractivity contribution in [3.63, 3.8) is 0 Å². The van der Waals surface area contributed by atoms with Crippen LogP contribution in [-0.2, 0) is 0 Å². The summed E-state index contributed by atoms with van der Waals surface area (Å²) in [6.45, 7) is 15.2. The molecule has 8 heavy (non-hydrogen) atoms. The van der Waals surface area contributed by atoms with E-state index in [0.717, 1.165) is 19.3 Å². The zero-order valence-corrected chi connectivity index (χ0v) is 5.45. The fraction of sp³-hybridized carbons (Fsp3) is 0.500. The normalized spacial score (nSPS) is 17.8. The van der Waals surface area contributed by atoms with Gasteiger partial charge in [0, 0.05) is 12.3 Å². The van der Waals surface area contributed by atoms with Gasteiger partial charge in [0.15, 0.2) is 0 Å². The van der Waals surface area contributed by atoms with E-state index in [2.05, 4.69) is 27.7 Å². The summed E-state index contributed by atoms with van der Waals surface area (Å²) < 4.78 is 0. The molecular formula is C8H14. The first-order valence-corrected chi connectivity index (χ1v) is 2.91. The lowest BCUT2D eigenvalue weighted by Crippen LogP contribution is -2.09. The average molecular weight is 110 g/mol. The van der Waals surface area contributed by atoms with Gasteiger partial charge >= 0.3 is 0 Å². The molecule has 0 amide bonds. The Morgan fingerprint density at radius 1 is 1.50 bits per heavy atom. The van der Waals surface area contributed by atoms with Crippen molar-refractivity contribution >= 4 is 0 Å². The van der Waals surface area contributed by atoms with Crippen LogP contribution >= 0.6 is 0 Å². The monoisotopic (exact) mass is 110 g/mol. The predicted octanol–water partition coefficient (Wildman–Crippen LogP) is 2.48. The molecule has 0 aliphatic carbocycles. The molecule has 0 saturated carbocycles. The van der Waals surface area contributed by atoms with Crippen molar-refractivity contribution in [1.82, 2.24) is 0 Å². The molecule has 0 spiro atoms. The van der Waals surface area contributed by atoms with E-state index in [1.165, 1.54) is 0 Å². The second-order valence-electron chi connectivity index (χ2n) is 2.35. The van der Waals surface area contributed by atoms with Crippen molar-refractivity contribution < 1.29 is 0 Å². The highest BCUT2D eigenvalue weighted by atomic mass is 14.2. The Morgan fingerprint density at radius 2 is 2.00 bits per heavy atom. The van der Waals surface area contributed by atoms with Crippen molar-refractivity contribution in [2.24, 2.45) is 5.41 Å². The predicted molar refractivity (Wildman–Crippen MR) is 37.7 cm³/mol. The topological polar surface area (TPSA) is 0 Å². The molecule has 0 heteroatoms. The van der Waals surface area contributed by atoms with Gasteiger partial charge in [0.25, 0.3) is 0 Å². The van der Waals surface area contributed by atoms with Crippen molar-refractivity contribution in [3.05, 3.63) is 27.7 Å². The molecule has 46 valence electrons. The van der Waals surface area contributed by atoms with E-state index in [9.17, 15) is 0 Å². The Kier molecular flexibility index (Phi) is 2.81. The maximum atomic E-state index is 3.86. The van der Waals surface area contributed by atoms with Crippen LogP contribution in [0.25, 0.3) is 0 Å². The van der Waals surface area contributed by atoms with E-state index in [4.69, 9.17) is 0 Å². The van der Waals surface area contributed by atoms with Gasteiger partial charge in [0.1, 0.15) is 6.42 Å². The Labute approximate surface area is 53.3 Å². The van der Waals surface area contributed by atoms with Crippen LogP contribution in [-0.4, -0.2) is 0 Å². The van der Waals surface area contributed by atoms with Gasteiger partial charge in [-0.1, -0.05) is 6.42 Å². The molecule has 0 rings (SSSR count). The number of hydrogen-bond donors (Lipinski definition) is 0. The molecule has 0 aliphatic heterocycles. The van der Waals surface area contributed by atoms with Crippen LogP contribution < -0.4 is 0 Å². The highest BCUT2D eigenvalue weighted by molar-refractivity contribution is 4.84. The Hall–Kier alpha value is -0.260. The maximum Gasteiger partial charge on any atom is 0.102 e. The second kappa shape index (κ2) is 2.91. The molecule has 0 aromatic heterocycles. The van der Waals surface area contributed by atoms with Gasteiger partial charge in [0.05, 0.1) is 6.92 Å². The minimum atomic E-state index is -0.0816. The average Bonchev–Trinajstić information content (AvgIpc) is 1.67. The van der Waals surface area contributed by atoms with Gasteiger partial charge in [0.2, 0.25) is 0 Å². The van der Waals surface area contributed by atoms with Gasteiger partial charge < -0.3 is 6.92 Å². The third-order valence-corrected chi connectivity index (χ3v) is 1.24. The minimum absolute atomic E-state index is 0.0816.